The number of nitrogens with zero attached hydrogens (tertiary/aromatic N) is 1. The highest BCUT2D eigenvalue weighted by atomic mass is 79.9. The van der Waals surface area contributed by atoms with Gasteiger partial charge in [0.15, 0.2) is 0 Å². The van der Waals surface area contributed by atoms with Crippen LogP contribution in [0, 0.1) is 13.8 Å². The second kappa shape index (κ2) is 7.97. The van der Waals surface area contributed by atoms with Crippen molar-refractivity contribution in [3.63, 3.8) is 0 Å². The molecule has 0 saturated heterocycles. The van der Waals surface area contributed by atoms with Crippen LogP contribution in [0.25, 0.3) is 22.2 Å². The number of hydrogen-bond donors (Lipinski definition) is 1. The number of pyridine rings is 1. The molecular weight excluding hydrogens is 448 g/mol. The largest absolute Gasteiger partial charge is 0.321 e. The van der Waals surface area contributed by atoms with E-state index in [4.69, 9.17) is 16.6 Å². The van der Waals surface area contributed by atoms with Gasteiger partial charge >= 0.3 is 0 Å². The summed E-state index contributed by atoms with van der Waals surface area (Å²) in [6.45, 7) is 4.04. The predicted octanol–water partition coefficient (Wildman–Crippen LogP) is 7.19. The zero-order valence-corrected chi connectivity index (χ0v) is 18.3. The van der Waals surface area contributed by atoms with Gasteiger partial charge in [0.25, 0.3) is 5.91 Å². The molecule has 3 aromatic carbocycles. The predicted molar refractivity (Wildman–Crippen MR) is 124 cm³/mol. The van der Waals surface area contributed by atoms with E-state index in [9.17, 15) is 4.79 Å². The van der Waals surface area contributed by atoms with Crippen LogP contribution < -0.4 is 5.32 Å². The normalized spacial score (nSPS) is 10.9. The molecule has 4 rings (SSSR count). The topological polar surface area (TPSA) is 42.0 Å². The molecule has 0 unspecified atom stereocenters. The minimum absolute atomic E-state index is 0.226. The van der Waals surface area contributed by atoms with E-state index in [1.165, 1.54) is 5.56 Å². The molecule has 3 nitrogen and oxygen atoms in total. The van der Waals surface area contributed by atoms with E-state index in [-0.39, 0.29) is 5.91 Å². The lowest BCUT2D eigenvalue weighted by Gasteiger charge is -2.13. The van der Waals surface area contributed by atoms with Crippen LogP contribution in [0.2, 0.25) is 5.02 Å². The first-order valence-corrected chi connectivity index (χ1v) is 10.3. The quantitative estimate of drug-likeness (QED) is 0.348. The van der Waals surface area contributed by atoms with Gasteiger partial charge in [-0.15, -0.1) is 0 Å². The zero-order chi connectivity index (χ0) is 20.5. The molecule has 0 aliphatic heterocycles. The first kappa shape index (κ1) is 19.6. The average molecular weight is 466 g/mol. The summed E-state index contributed by atoms with van der Waals surface area (Å²) < 4.78 is 0.902. The molecule has 1 heterocycles. The summed E-state index contributed by atoms with van der Waals surface area (Å²) in [6, 6.07) is 21.1. The first-order valence-electron chi connectivity index (χ1n) is 9.16. The second-order valence-electron chi connectivity index (χ2n) is 6.97. The summed E-state index contributed by atoms with van der Waals surface area (Å²) in [5.41, 5.74) is 5.82. The molecule has 0 spiro atoms. The van der Waals surface area contributed by atoms with Crippen LogP contribution in [-0.4, -0.2) is 10.9 Å². The number of halogens is 2. The Bertz CT molecular complexity index is 1240. The molecule has 29 heavy (non-hydrogen) atoms. The minimum Gasteiger partial charge on any atom is -0.321 e. The standard InChI is InChI=1S/C24H18BrClN2O/c1-14-7-9-16(10-8-14)22-13-19(18-12-17(25)11-15(2)23(18)27-22)24(29)28-21-6-4-3-5-20(21)26/h3-13H,1-2H3,(H,28,29). The van der Waals surface area contributed by atoms with Crippen LogP contribution in [0.1, 0.15) is 21.5 Å². The van der Waals surface area contributed by atoms with Gasteiger partial charge in [-0.1, -0.05) is 69.5 Å². The molecule has 1 aromatic heterocycles. The number of fused-ring (bicyclic) bond motifs is 1. The van der Waals surface area contributed by atoms with Crippen molar-refractivity contribution in [1.82, 2.24) is 4.98 Å². The summed E-state index contributed by atoms with van der Waals surface area (Å²) in [5, 5.41) is 4.22. The maximum atomic E-state index is 13.2. The Labute approximate surface area is 182 Å². The molecule has 1 amide bonds. The van der Waals surface area contributed by atoms with E-state index >= 15 is 0 Å². The monoisotopic (exact) mass is 464 g/mol. The summed E-state index contributed by atoms with van der Waals surface area (Å²) in [7, 11) is 0. The number of hydrogen-bond acceptors (Lipinski definition) is 2. The highest BCUT2D eigenvalue weighted by Crippen LogP contribution is 2.31. The van der Waals surface area contributed by atoms with E-state index in [0.717, 1.165) is 32.2 Å². The van der Waals surface area contributed by atoms with Crippen LogP contribution in [0.3, 0.4) is 0 Å². The Morgan fingerprint density at radius 1 is 1.00 bits per heavy atom. The van der Waals surface area contributed by atoms with Gasteiger partial charge < -0.3 is 5.32 Å². The van der Waals surface area contributed by atoms with Gasteiger partial charge in [-0.05, 0) is 49.7 Å². The lowest BCUT2D eigenvalue weighted by molar-refractivity contribution is 0.102. The highest BCUT2D eigenvalue weighted by molar-refractivity contribution is 9.10. The van der Waals surface area contributed by atoms with Gasteiger partial charge in [0.05, 0.1) is 27.5 Å². The summed E-state index contributed by atoms with van der Waals surface area (Å²) in [4.78, 5) is 18.1. The van der Waals surface area contributed by atoms with Crippen LogP contribution in [-0.2, 0) is 0 Å². The lowest BCUT2D eigenvalue weighted by atomic mass is 10.0. The molecule has 0 saturated carbocycles. The van der Waals surface area contributed by atoms with Gasteiger partial charge in [0.2, 0.25) is 0 Å². The number of carbonyl (C=O) groups is 1. The number of carbonyl (C=O) groups excluding carboxylic acids is 1. The van der Waals surface area contributed by atoms with Crippen LogP contribution >= 0.6 is 27.5 Å². The van der Waals surface area contributed by atoms with Crippen LogP contribution in [0.15, 0.2) is 71.2 Å². The van der Waals surface area contributed by atoms with Crippen molar-refractivity contribution < 1.29 is 4.79 Å². The Hall–Kier alpha value is -2.69. The summed E-state index contributed by atoms with van der Waals surface area (Å²) in [5.74, 6) is -0.226. The highest BCUT2D eigenvalue weighted by Gasteiger charge is 2.17. The van der Waals surface area contributed by atoms with Gasteiger partial charge in [-0.3, -0.25) is 4.79 Å². The summed E-state index contributed by atoms with van der Waals surface area (Å²) >= 11 is 9.77. The SMILES string of the molecule is Cc1ccc(-c2cc(C(=O)Nc3ccccc3Cl)c3cc(Br)cc(C)c3n2)cc1. The number of aryl methyl sites for hydroxylation is 2. The zero-order valence-electron chi connectivity index (χ0n) is 16.0. The van der Waals surface area contributed by atoms with E-state index in [1.54, 1.807) is 12.1 Å². The van der Waals surface area contributed by atoms with Gasteiger partial charge in [-0.25, -0.2) is 4.98 Å². The second-order valence-corrected chi connectivity index (χ2v) is 8.30. The van der Waals surface area contributed by atoms with E-state index in [0.29, 0.717) is 16.3 Å². The molecule has 0 atom stereocenters. The number of para-hydroxylation sites is 1. The van der Waals surface area contributed by atoms with Crippen molar-refractivity contribution in [3.05, 3.63) is 92.9 Å². The minimum atomic E-state index is -0.226. The van der Waals surface area contributed by atoms with E-state index in [1.807, 2.05) is 68.4 Å². The van der Waals surface area contributed by atoms with Gasteiger partial charge in [0, 0.05) is 15.4 Å². The lowest BCUT2D eigenvalue weighted by Crippen LogP contribution is -2.13. The van der Waals surface area contributed by atoms with Crippen molar-refractivity contribution in [2.75, 3.05) is 5.32 Å². The maximum absolute atomic E-state index is 13.2. The number of anilines is 1. The maximum Gasteiger partial charge on any atom is 0.256 e. The smallest absolute Gasteiger partial charge is 0.256 e. The fourth-order valence-corrected chi connectivity index (χ4v) is 4.02. The molecule has 0 aliphatic carbocycles. The molecule has 144 valence electrons. The average Bonchev–Trinajstić information content (AvgIpc) is 2.69. The molecule has 4 aromatic rings. The molecule has 0 radical (unpaired) electrons. The Balaban J connectivity index is 1.89. The Morgan fingerprint density at radius 3 is 2.45 bits per heavy atom. The number of aromatic nitrogens is 1. The van der Waals surface area contributed by atoms with Crippen LogP contribution in [0.4, 0.5) is 5.69 Å². The third kappa shape index (κ3) is 4.04. The summed E-state index contributed by atoms with van der Waals surface area (Å²) in [6.07, 6.45) is 0. The molecule has 1 N–H and O–H groups in total. The van der Waals surface area contributed by atoms with Crippen molar-refractivity contribution in [2.45, 2.75) is 13.8 Å². The number of amides is 1. The van der Waals surface area contributed by atoms with E-state index < -0.39 is 0 Å². The van der Waals surface area contributed by atoms with Crippen molar-refractivity contribution >= 4 is 50.0 Å². The first-order chi connectivity index (χ1) is 13.9. The number of benzene rings is 3. The van der Waals surface area contributed by atoms with Crippen LogP contribution in [0.5, 0.6) is 0 Å². The molecule has 0 bridgehead atoms. The van der Waals surface area contributed by atoms with Crippen molar-refractivity contribution in [2.24, 2.45) is 0 Å². The Kier molecular flexibility index (Phi) is 5.39. The number of rotatable bonds is 3. The van der Waals surface area contributed by atoms with Gasteiger partial charge in [-0.2, -0.15) is 0 Å². The van der Waals surface area contributed by atoms with E-state index in [2.05, 4.69) is 21.2 Å². The molecular formula is C24H18BrClN2O. The molecule has 5 heteroatoms. The van der Waals surface area contributed by atoms with Gasteiger partial charge in [0.1, 0.15) is 0 Å². The third-order valence-electron chi connectivity index (χ3n) is 4.78. The third-order valence-corrected chi connectivity index (χ3v) is 5.57. The van der Waals surface area contributed by atoms with Crippen molar-refractivity contribution in [1.29, 1.82) is 0 Å². The fraction of sp³-hybridized carbons (Fsp3) is 0.0833. The Morgan fingerprint density at radius 2 is 1.72 bits per heavy atom. The molecule has 0 fully saturated rings. The van der Waals surface area contributed by atoms with Crippen molar-refractivity contribution in [3.8, 4) is 11.3 Å². The number of nitrogens with one attached hydrogen (secondary N) is 1. The molecule has 0 aliphatic rings. The fourth-order valence-electron chi connectivity index (χ4n) is 3.27.